The Morgan fingerprint density at radius 3 is 2.65 bits per heavy atom. The number of nitrogen functional groups attached to an aromatic ring is 1. The molecular formula is C15H16FN3O. The number of benzene rings is 2. The number of carbonyl (C=O) groups is 1. The number of halogens is 1. The minimum atomic E-state index is -0.386. The Morgan fingerprint density at radius 2 is 2.00 bits per heavy atom. The Bertz CT molecular complexity index is 643. The summed E-state index contributed by atoms with van der Waals surface area (Å²) >= 11 is 0. The van der Waals surface area contributed by atoms with E-state index in [0.29, 0.717) is 16.9 Å². The molecule has 0 spiro atoms. The molecule has 0 fully saturated rings. The smallest absolute Gasteiger partial charge is 0.260 e. The fraction of sp³-hybridized carbons (Fsp3) is 0.133. The fourth-order valence-electron chi connectivity index (χ4n) is 1.94. The van der Waals surface area contributed by atoms with Gasteiger partial charge in [-0.25, -0.2) is 4.39 Å². The average Bonchev–Trinajstić information content (AvgIpc) is 2.45. The highest BCUT2D eigenvalue weighted by Crippen LogP contribution is 2.22. The van der Waals surface area contributed by atoms with E-state index in [9.17, 15) is 9.18 Å². The molecule has 0 aromatic heterocycles. The van der Waals surface area contributed by atoms with E-state index in [0.717, 1.165) is 5.56 Å². The van der Waals surface area contributed by atoms with E-state index in [1.165, 1.54) is 17.0 Å². The second-order valence-electron chi connectivity index (χ2n) is 4.54. The molecule has 0 aliphatic carbocycles. The molecule has 2 aromatic carbocycles. The number of hydrogen-bond acceptors (Lipinski definition) is 3. The summed E-state index contributed by atoms with van der Waals surface area (Å²) in [7, 11) is 1.60. The maximum Gasteiger partial charge on any atom is 0.260 e. The van der Waals surface area contributed by atoms with Gasteiger partial charge in [-0.2, -0.15) is 0 Å². The molecule has 0 heterocycles. The lowest BCUT2D eigenvalue weighted by Crippen LogP contribution is -2.27. The van der Waals surface area contributed by atoms with Crippen molar-refractivity contribution in [1.29, 1.82) is 0 Å². The molecule has 104 valence electrons. The Labute approximate surface area is 117 Å². The quantitative estimate of drug-likeness (QED) is 0.667. The molecule has 3 N–H and O–H groups in total. The molecule has 0 aliphatic heterocycles. The van der Waals surface area contributed by atoms with Crippen LogP contribution in [0.25, 0.3) is 0 Å². The van der Waals surface area contributed by atoms with Gasteiger partial charge in [0.15, 0.2) is 0 Å². The summed E-state index contributed by atoms with van der Waals surface area (Å²) < 4.78 is 13.2. The molecule has 0 aliphatic rings. The SMILES string of the molecule is Cc1ccc(NN)c(C(=O)N(C)c2cccc(F)c2)c1. The Hall–Kier alpha value is -2.40. The molecule has 5 heteroatoms. The zero-order chi connectivity index (χ0) is 14.7. The molecule has 0 atom stereocenters. The van der Waals surface area contributed by atoms with Gasteiger partial charge in [0.2, 0.25) is 0 Å². The number of nitrogens with zero attached hydrogens (tertiary/aromatic N) is 1. The Balaban J connectivity index is 2.38. The van der Waals surface area contributed by atoms with E-state index < -0.39 is 0 Å². The van der Waals surface area contributed by atoms with Crippen LogP contribution >= 0.6 is 0 Å². The summed E-state index contributed by atoms with van der Waals surface area (Å²) in [6.45, 7) is 1.89. The van der Waals surface area contributed by atoms with E-state index >= 15 is 0 Å². The molecule has 0 unspecified atom stereocenters. The van der Waals surface area contributed by atoms with Gasteiger partial charge < -0.3 is 10.3 Å². The lowest BCUT2D eigenvalue weighted by Gasteiger charge is -2.19. The van der Waals surface area contributed by atoms with Gasteiger partial charge in [0, 0.05) is 12.7 Å². The van der Waals surface area contributed by atoms with Gasteiger partial charge in [-0.1, -0.05) is 17.7 Å². The summed E-state index contributed by atoms with van der Waals surface area (Å²) in [5.74, 6) is 4.78. The molecule has 1 amide bonds. The van der Waals surface area contributed by atoms with Crippen LogP contribution < -0.4 is 16.2 Å². The third-order valence-corrected chi connectivity index (χ3v) is 3.06. The van der Waals surface area contributed by atoms with Crippen molar-refractivity contribution in [3.05, 3.63) is 59.4 Å². The first-order valence-corrected chi connectivity index (χ1v) is 6.14. The molecule has 0 saturated heterocycles. The average molecular weight is 273 g/mol. The van der Waals surface area contributed by atoms with Crippen molar-refractivity contribution < 1.29 is 9.18 Å². The van der Waals surface area contributed by atoms with E-state index in [-0.39, 0.29) is 11.7 Å². The van der Waals surface area contributed by atoms with Gasteiger partial charge in [0.05, 0.1) is 11.3 Å². The van der Waals surface area contributed by atoms with Crippen LogP contribution in [0.1, 0.15) is 15.9 Å². The molecule has 4 nitrogen and oxygen atoms in total. The van der Waals surface area contributed by atoms with Gasteiger partial charge >= 0.3 is 0 Å². The van der Waals surface area contributed by atoms with Gasteiger partial charge in [0.1, 0.15) is 5.82 Å². The van der Waals surface area contributed by atoms with Gasteiger partial charge in [-0.15, -0.1) is 0 Å². The first-order valence-electron chi connectivity index (χ1n) is 6.14. The third-order valence-electron chi connectivity index (χ3n) is 3.06. The molecular weight excluding hydrogens is 257 g/mol. The van der Waals surface area contributed by atoms with E-state index in [2.05, 4.69) is 5.43 Å². The minimum absolute atomic E-state index is 0.257. The fourth-order valence-corrected chi connectivity index (χ4v) is 1.94. The first kappa shape index (κ1) is 14.0. The number of anilines is 2. The molecule has 0 saturated carbocycles. The maximum atomic E-state index is 13.2. The van der Waals surface area contributed by atoms with Crippen LogP contribution in [0.5, 0.6) is 0 Å². The summed E-state index contributed by atoms with van der Waals surface area (Å²) in [5.41, 5.74) is 4.91. The number of rotatable bonds is 3. The second-order valence-corrected chi connectivity index (χ2v) is 4.54. The van der Waals surface area contributed by atoms with Gasteiger partial charge in [-0.3, -0.25) is 10.6 Å². The Kier molecular flexibility index (Phi) is 4.00. The topological polar surface area (TPSA) is 58.4 Å². The molecule has 2 rings (SSSR count). The zero-order valence-corrected chi connectivity index (χ0v) is 11.4. The van der Waals surface area contributed by atoms with Crippen molar-refractivity contribution in [1.82, 2.24) is 0 Å². The third kappa shape index (κ3) is 2.78. The summed E-state index contributed by atoms with van der Waals surface area (Å²) in [5, 5.41) is 0. The maximum absolute atomic E-state index is 13.2. The normalized spacial score (nSPS) is 10.2. The van der Waals surface area contributed by atoms with Crippen LogP contribution in [-0.2, 0) is 0 Å². The highest BCUT2D eigenvalue weighted by molar-refractivity contribution is 6.09. The summed E-state index contributed by atoms with van der Waals surface area (Å²) in [6.07, 6.45) is 0. The monoisotopic (exact) mass is 273 g/mol. The predicted octanol–water partition coefficient (Wildman–Crippen LogP) is 2.70. The lowest BCUT2D eigenvalue weighted by atomic mass is 10.1. The first-order chi connectivity index (χ1) is 9.52. The molecule has 0 bridgehead atoms. The van der Waals surface area contributed by atoms with E-state index in [1.807, 2.05) is 13.0 Å². The van der Waals surface area contributed by atoms with Gasteiger partial charge in [-0.05, 0) is 37.3 Å². The molecule has 2 aromatic rings. The van der Waals surface area contributed by atoms with Crippen LogP contribution in [0.3, 0.4) is 0 Å². The molecule has 0 radical (unpaired) electrons. The predicted molar refractivity (Wildman–Crippen MR) is 78.1 cm³/mol. The number of nitrogens with one attached hydrogen (secondary N) is 1. The highest BCUT2D eigenvalue weighted by atomic mass is 19.1. The van der Waals surface area contributed by atoms with Crippen molar-refractivity contribution >= 4 is 17.3 Å². The van der Waals surface area contributed by atoms with Crippen molar-refractivity contribution in [2.45, 2.75) is 6.92 Å². The number of nitrogens with two attached hydrogens (primary N) is 1. The molecule has 20 heavy (non-hydrogen) atoms. The standard InChI is InChI=1S/C15H16FN3O/c1-10-6-7-14(18-17)13(8-10)15(20)19(2)12-5-3-4-11(16)9-12/h3-9,18H,17H2,1-2H3. The summed E-state index contributed by atoms with van der Waals surface area (Å²) in [4.78, 5) is 13.9. The van der Waals surface area contributed by atoms with Crippen molar-refractivity contribution in [3.8, 4) is 0 Å². The van der Waals surface area contributed by atoms with Crippen LogP contribution in [0.15, 0.2) is 42.5 Å². The van der Waals surface area contributed by atoms with Crippen LogP contribution in [0.4, 0.5) is 15.8 Å². The zero-order valence-electron chi connectivity index (χ0n) is 11.4. The van der Waals surface area contributed by atoms with Crippen molar-refractivity contribution in [3.63, 3.8) is 0 Å². The number of hydrogen-bond donors (Lipinski definition) is 2. The van der Waals surface area contributed by atoms with Crippen molar-refractivity contribution in [2.24, 2.45) is 5.84 Å². The van der Waals surface area contributed by atoms with E-state index in [1.54, 1.807) is 31.3 Å². The largest absolute Gasteiger partial charge is 0.323 e. The van der Waals surface area contributed by atoms with Crippen LogP contribution in [0, 0.1) is 12.7 Å². The van der Waals surface area contributed by atoms with Crippen molar-refractivity contribution in [2.75, 3.05) is 17.4 Å². The number of carbonyl (C=O) groups excluding carboxylic acids is 1. The van der Waals surface area contributed by atoms with E-state index in [4.69, 9.17) is 5.84 Å². The summed E-state index contributed by atoms with van der Waals surface area (Å²) in [6, 6.07) is 11.2. The number of hydrazine groups is 1. The lowest BCUT2D eigenvalue weighted by molar-refractivity contribution is 0.0993. The van der Waals surface area contributed by atoms with Crippen LogP contribution in [-0.4, -0.2) is 13.0 Å². The van der Waals surface area contributed by atoms with Crippen LogP contribution in [0.2, 0.25) is 0 Å². The number of aryl methyl sites for hydroxylation is 1. The second kappa shape index (κ2) is 5.71. The number of amides is 1. The Morgan fingerprint density at radius 1 is 1.25 bits per heavy atom. The minimum Gasteiger partial charge on any atom is -0.323 e. The highest BCUT2D eigenvalue weighted by Gasteiger charge is 2.17. The van der Waals surface area contributed by atoms with Gasteiger partial charge in [0.25, 0.3) is 5.91 Å².